The van der Waals surface area contributed by atoms with Gasteiger partial charge in [-0.05, 0) is 52.9 Å². The van der Waals surface area contributed by atoms with Crippen molar-refractivity contribution in [3.63, 3.8) is 0 Å². The van der Waals surface area contributed by atoms with Crippen LogP contribution in [-0.2, 0) is 12.2 Å². The molecule has 0 bridgehead atoms. The molecule has 1 saturated carbocycles. The first-order valence-corrected chi connectivity index (χ1v) is 9.27. The first-order valence-electron chi connectivity index (χ1n) is 9.27. The highest BCUT2D eigenvalue weighted by molar-refractivity contribution is 5.82. The Labute approximate surface area is 153 Å². The van der Waals surface area contributed by atoms with E-state index in [0.717, 1.165) is 24.0 Å². The van der Waals surface area contributed by atoms with Crippen LogP contribution in [0.5, 0.6) is 5.75 Å². The van der Waals surface area contributed by atoms with E-state index >= 15 is 0 Å². The topological polar surface area (TPSA) is 49.7 Å². The van der Waals surface area contributed by atoms with Gasteiger partial charge in [-0.25, -0.2) is 0 Å². The smallest absolute Gasteiger partial charge is 0.120 e. The van der Waals surface area contributed by atoms with Gasteiger partial charge in [0.1, 0.15) is 18.0 Å². The molecule has 4 rings (SSSR count). The van der Waals surface area contributed by atoms with E-state index in [4.69, 9.17) is 4.74 Å². The second-order valence-electron chi connectivity index (χ2n) is 7.18. The van der Waals surface area contributed by atoms with Crippen LogP contribution in [0.3, 0.4) is 0 Å². The Morgan fingerprint density at radius 2 is 1.77 bits per heavy atom. The molecule has 1 aliphatic carbocycles. The molecule has 3 aromatic carbocycles. The van der Waals surface area contributed by atoms with Crippen molar-refractivity contribution in [1.29, 1.82) is 0 Å². The van der Waals surface area contributed by atoms with Gasteiger partial charge in [-0.2, -0.15) is 0 Å². The number of aliphatic hydroxyl groups excluding tert-OH is 1. The molecule has 134 valence electrons. The van der Waals surface area contributed by atoms with E-state index < -0.39 is 11.7 Å². The summed E-state index contributed by atoms with van der Waals surface area (Å²) in [6, 6.07) is 22.1. The molecule has 0 saturated heterocycles. The molecule has 0 radical (unpaired) electrons. The Kier molecular flexibility index (Phi) is 4.66. The Morgan fingerprint density at radius 3 is 2.62 bits per heavy atom. The largest absolute Gasteiger partial charge is 0.489 e. The summed E-state index contributed by atoms with van der Waals surface area (Å²) in [5.74, 6) is 0.710. The van der Waals surface area contributed by atoms with E-state index in [1.807, 2.05) is 36.4 Å². The molecule has 0 spiro atoms. The summed E-state index contributed by atoms with van der Waals surface area (Å²) in [5, 5.41) is 23.6. The fourth-order valence-electron chi connectivity index (χ4n) is 3.82. The standard InChI is InChI=1S/C23H24O3/c24-22-10-3-4-13-23(22,25)20-8-5-9-21(15-20)26-16-17-11-12-18-6-1-2-7-19(18)14-17/h1-2,5-9,11-12,14-15,22,24-25H,3-4,10,13,16H2. The molecule has 3 heteroatoms. The van der Waals surface area contributed by atoms with Gasteiger partial charge in [-0.15, -0.1) is 0 Å². The van der Waals surface area contributed by atoms with Crippen LogP contribution in [0.1, 0.15) is 36.8 Å². The van der Waals surface area contributed by atoms with Gasteiger partial charge in [0.05, 0.1) is 6.10 Å². The summed E-state index contributed by atoms with van der Waals surface area (Å²) in [6.07, 6.45) is 2.39. The van der Waals surface area contributed by atoms with E-state index in [9.17, 15) is 10.2 Å². The van der Waals surface area contributed by atoms with Crippen molar-refractivity contribution < 1.29 is 14.9 Å². The van der Waals surface area contributed by atoms with Crippen molar-refractivity contribution in [2.24, 2.45) is 0 Å². The molecular weight excluding hydrogens is 324 g/mol. The Morgan fingerprint density at radius 1 is 0.923 bits per heavy atom. The zero-order chi connectivity index (χ0) is 18.0. The summed E-state index contributed by atoms with van der Waals surface area (Å²) in [7, 11) is 0. The summed E-state index contributed by atoms with van der Waals surface area (Å²) in [4.78, 5) is 0. The Balaban J connectivity index is 1.51. The molecule has 0 aliphatic heterocycles. The molecule has 26 heavy (non-hydrogen) atoms. The zero-order valence-corrected chi connectivity index (χ0v) is 14.8. The number of hydrogen-bond donors (Lipinski definition) is 2. The van der Waals surface area contributed by atoms with Gasteiger partial charge in [-0.1, -0.05) is 61.4 Å². The summed E-state index contributed by atoms with van der Waals surface area (Å²) in [5.41, 5.74) is 0.673. The lowest BCUT2D eigenvalue weighted by Crippen LogP contribution is -2.42. The molecule has 2 N–H and O–H groups in total. The quantitative estimate of drug-likeness (QED) is 0.728. The number of ether oxygens (including phenoxy) is 1. The van der Waals surface area contributed by atoms with Crippen LogP contribution in [0, 0.1) is 0 Å². The van der Waals surface area contributed by atoms with Crippen molar-refractivity contribution >= 4 is 10.8 Å². The van der Waals surface area contributed by atoms with Crippen molar-refractivity contribution in [3.8, 4) is 5.75 Å². The Bertz CT molecular complexity index is 905. The van der Waals surface area contributed by atoms with E-state index in [0.29, 0.717) is 25.2 Å². The van der Waals surface area contributed by atoms with Crippen molar-refractivity contribution in [3.05, 3.63) is 77.9 Å². The van der Waals surface area contributed by atoms with Crippen LogP contribution in [-0.4, -0.2) is 16.3 Å². The molecule has 1 aliphatic rings. The minimum Gasteiger partial charge on any atom is -0.489 e. The number of rotatable bonds is 4. The van der Waals surface area contributed by atoms with Gasteiger partial charge < -0.3 is 14.9 Å². The highest BCUT2D eigenvalue weighted by Crippen LogP contribution is 2.38. The minimum absolute atomic E-state index is 0.468. The van der Waals surface area contributed by atoms with E-state index in [1.165, 1.54) is 10.8 Å². The molecular formula is C23H24O3. The van der Waals surface area contributed by atoms with Crippen LogP contribution < -0.4 is 4.74 Å². The van der Waals surface area contributed by atoms with Gasteiger partial charge in [0.2, 0.25) is 0 Å². The van der Waals surface area contributed by atoms with Crippen molar-refractivity contribution in [2.75, 3.05) is 0 Å². The zero-order valence-electron chi connectivity index (χ0n) is 14.8. The number of fused-ring (bicyclic) bond motifs is 1. The third-order valence-corrected chi connectivity index (χ3v) is 5.39. The average Bonchev–Trinajstić information content (AvgIpc) is 2.69. The monoisotopic (exact) mass is 348 g/mol. The van der Waals surface area contributed by atoms with E-state index in [1.54, 1.807) is 0 Å². The molecule has 3 aromatic rings. The molecule has 0 amide bonds. The maximum Gasteiger partial charge on any atom is 0.120 e. The third-order valence-electron chi connectivity index (χ3n) is 5.39. The van der Waals surface area contributed by atoms with Gasteiger partial charge in [-0.3, -0.25) is 0 Å². The van der Waals surface area contributed by atoms with Crippen molar-refractivity contribution in [1.82, 2.24) is 0 Å². The van der Waals surface area contributed by atoms with Gasteiger partial charge in [0.15, 0.2) is 0 Å². The first-order chi connectivity index (χ1) is 12.6. The van der Waals surface area contributed by atoms with Crippen LogP contribution in [0.2, 0.25) is 0 Å². The van der Waals surface area contributed by atoms with Gasteiger partial charge in [0.25, 0.3) is 0 Å². The Hall–Kier alpha value is -2.36. The fourth-order valence-corrected chi connectivity index (χ4v) is 3.82. The third kappa shape index (κ3) is 3.33. The predicted octanol–water partition coefficient (Wildman–Crippen LogP) is 4.54. The highest BCUT2D eigenvalue weighted by atomic mass is 16.5. The SMILES string of the molecule is OC1CCCCC1(O)c1cccc(OCc2ccc3ccccc3c2)c1. The summed E-state index contributed by atoms with van der Waals surface area (Å²) >= 11 is 0. The molecule has 3 nitrogen and oxygen atoms in total. The lowest BCUT2D eigenvalue weighted by molar-refractivity contribution is -0.106. The fraction of sp³-hybridized carbons (Fsp3) is 0.304. The van der Waals surface area contributed by atoms with Crippen molar-refractivity contribution in [2.45, 2.75) is 44.0 Å². The maximum absolute atomic E-state index is 10.9. The van der Waals surface area contributed by atoms with Gasteiger partial charge in [0, 0.05) is 0 Å². The number of aliphatic hydroxyl groups is 2. The van der Waals surface area contributed by atoms with Crippen LogP contribution >= 0.6 is 0 Å². The summed E-state index contributed by atoms with van der Waals surface area (Å²) in [6.45, 7) is 0.468. The van der Waals surface area contributed by atoms with E-state index in [-0.39, 0.29) is 0 Å². The second-order valence-corrected chi connectivity index (χ2v) is 7.18. The average molecular weight is 348 g/mol. The normalized spacial score (nSPS) is 23.1. The number of hydrogen-bond acceptors (Lipinski definition) is 3. The van der Waals surface area contributed by atoms with E-state index in [2.05, 4.69) is 30.3 Å². The second kappa shape index (κ2) is 7.10. The maximum atomic E-state index is 10.9. The summed E-state index contributed by atoms with van der Waals surface area (Å²) < 4.78 is 5.96. The predicted molar refractivity (Wildman–Crippen MR) is 103 cm³/mol. The molecule has 2 unspecified atom stereocenters. The molecule has 1 fully saturated rings. The van der Waals surface area contributed by atoms with Crippen LogP contribution in [0.4, 0.5) is 0 Å². The molecule has 2 atom stereocenters. The van der Waals surface area contributed by atoms with Crippen LogP contribution in [0.25, 0.3) is 10.8 Å². The van der Waals surface area contributed by atoms with Gasteiger partial charge >= 0.3 is 0 Å². The highest BCUT2D eigenvalue weighted by Gasteiger charge is 2.39. The number of benzene rings is 3. The molecule has 0 heterocycles. The minimum atomic E-state index is -1.17. The lowest BCUT2D eigenvalue weighted by Gasteiger charge is -2.37. The van der Waals surface area contributed by atoms with Crippen LogP contribution in [0.15, 0.2) is 66.7 Å². The lowest BCUT2D eigenvalue weighted by atomic mass is 9.77. The molecule has 0 aromatic heterocycles. The first kappa shape index (κ1) is 17.1.